The number of likely N-dealkylation sites (tertiary alicyclic amines) is 1. The van der Waals surface area contributed by atoms with Gasteiger partial charge in [-0.25, -0.2) is 0 Å². The predicted octanol–water partition coefficient (Wildman–Crippen LogP) is 1.37. The molecule has 3 rings (SSSR count). The number of carbonyl (C=O) groups is 1. The lowest BCUT2D eigenvalue weighted by Crippen LogP contribution is -2.48. The van der Waals surface area contributed by atoms with E-state index in [9.17, 15) is 4.79 Å². The molecule has 1 amide bonds. The maximum Gasteiger partial charge on any atom is 0.226 e. The molecule has 0 bridgehead atoms. The topological polar surface area (TPSA) is 76.2 Å². The third-order valence-corrected chi connectivity index (χ3v) is 3.59. The summed E-state index contributed by atoms with van der Waals surface area (Å²) in [5, 5.41) is 10.8. The van der Waals surface area contributed by atoms with Gasteiger partial charge < -0.3 is 9.84 Å². The van der Waals surface area contributed by atoms with E-state index in [0.29, 0.717) is 24.0 Å². The molecule has 0 unspecified atom stereocenters. The Morgan fingerprint density at radius 3 is 2.90 bits per heavy atom. The van der Waals surface area contributed by atoms with Gasteiger partial charge in [0.25, 0.3) is 0 Å². The van der Waals surface area contributed by atoms with Crippen molar-refractivity contribution in [3.05, 3.63) is 29.8 Å². The van der Waals surface area contributed by atoms with E-state index in [0.717, 1.165) is 19.6 Å². The van der Waals surface area contributed by atoms with Crippen molar-refractivity contribution in [1.29, 1.82) is 0 Å². The normalized spacial score (nSPS) is 15.9. The Morgan fingerprint density at radius 2 is 2.29 bits per heavy atom. The fraction of sp³-hybridized carbons (Fsp3) is 0.500. The number of aryl methyl sites for hydroxylation is 2. The van der Waals surface area contributed by atoms with Crippen molar-refractivity contribution in [2.45, 2.75) is 26.3 Å². The van der Waals surface area contributed by atoms with E-state index < -0.39 is 0 Å². The molecule has 1 aliphatic heterocycles. The van der Waals surface area contributed by atoms with Crippen LogP contribution in [0, 0.1) is 13.8 Å². The van der Waals surface area contributed by atoms with Crippen molar-refractivity contribution in [2.75, 3.05) is 25.0 Å². The van der Waals surface area contributed by atoms with Gasteiger partial charge in [-0.15, -0.1) is 0 Å². The summed E-state index contributed by atoms with van der Waals surface area (Å²) in [5.41, 5.74) is 1.18. The van der Waals surface area contributed by atoms with Crippen LogP contribution in [0.25, 0.3) is 0 Å². The molecule has 7 nitrogen and oxygen atoms in total. The molecule has 1 N–H and O–H groups in total. The Morgan fingerprint density at radius 1 is 1.48 bits per heavy atom. The molecule has 0 spiro atoms. The molecule has 0 atom stereocenters. The Kier molecular flexibility index (Phi) is 3.74. The quantitative estimate of drug-likeness (QED) is 0.899. The lowest BCUT2D eigenvalue weighted by Gasteiger charge is -2.39. The van der Waals surface area contributed by atoms with Crippen LogP contribution in [-0.4, -0.2) is 45.4 Å². The molecule has 112 valence electrons. The van der Waals surface area contributed by atoms with Gasteiger partial charge in [0.15, 0.2) is 5.82 Å². The van der Waals surface area contributed by atoms with Crippen molar-refractivity contribution in [2.24, 2.45) is 0 Å². The van der Waals surface area contributed by atoms with Gasteiger partial charge in [0, 0.05) is 38.3 Å². The highest BCUT2D eigenvalue weighted by Crippen LogP contribution is 2.20. The van der Waals surface area contributed by atoms with Crippen LogP contribution in [0.2, 0.25) is 0 Å². The highest BCUT2D eigenvalue weighted by Gasteiger charge is 2.28. The molecule has 2 aromatic heterocycles. The summed E-state index contributed by atoms with van der Waals surface area (Å²) in [5.74, 6) is 1.12. The van der Waals surface area contributed by atoms with Crippen molar-refractivity contribution in [3.8, 4) is 0 Å². The van der Waals surface area contributed by atoms with E-state index in [1.807, 2.05) is 17.8 Å². The molecule has 0 aliphatic carbocycles. The number of nitrogens with zero attached hydrogens (tertiary/aromatic N) is 4. The van der Waals surface area contributed by atoms with Gasteiger partial charge in [0.2, 0.25) is 5.91 Å². The molecule has 1 fully saturated rings. The zero-order valence-electron chi connectivity index (χ0n) is 12.2. The number of hydrogen-bond acceptors (Lipinski definition) is 5. The Labute approximate surface area is 122 Å². The van der Waals surface area contributed by atoms with E-state index in [1.54, 1.807) is 13.0 Å². The maximum absolute atomic E-state index is 11.8. The van der Waals surface area contributed by atoms with Gasteiger partial charge in [-0.1, -0.05) is 5.16 Å². The van der Waals surface area contributed by atoms with Crippen LogP contribution in [0.1, 0.15) is 23.8 Å². The first kappa shape index (κ1) is 13.8. The SMILES string of the molecule is Cc1cnn(C2CN(CCC(=O)Nc3cc(C)on3)C2)c1. The van der Waals surface area contributed by atoms with Gasteiger partial charge >= 0.3 is 0 Å². The van der Waals surface area contributed by atoms with Gasteiger partial charge in [0.05, 0.1) is 12.2 Å². The average Bonchev–Trinajstić information content (AvgIpc) is 2.97. The second kappa shape index (κ2) is 5.69. The largest absolute Gasteiger partial charge is 0.360 e. The first-order valence-corrected chi connectivity index (χ1v) is 7.06. The smallest absolute Gasteiger partial charge is 0.226 e. The summed E-state index contributed by atoms with van der Waals surface area (Å²) < 4.78 is 6.91. The molecular weight excluding hydrogens is 270 g/mol. The lowest BCUT2D eigenvalue weighted by molar-refractivity contribution is -0.116. The summed E-state index contributed by atoms with van der Waals surface area (Å²) in [7, 11) is 0. The monoisotopic (exact) mass is 289 g/mol. The van der Waals surface area contributed by atoms with Crippen LogP contribution < -0.4 is 5.32 Å². The first-order chi connectivity index (χ1) is 10.1. The highest BCUT2D eigenvalue weighted by atomic mass is 16.5. The number of anilines is 1. The van der Waals surface area contributed by atoms with E-state index in [-0.39, 0.29) is 5.91 Å². The number of aromatic nitrogens is 3. The van der Waals surface area contributed by atoms with Gasteiger partial charge in [-0.05, 0) is 19.4 Å². The Bertz CT molecular complexity index is 627. The Hall–Kier alpha value is -2.15. The average molecular weight is 289 g/mol. The zero-order chi connectivity index (χ0) is 14.8. The van der Waals surface area contributed by atoms with Crippen LogP contribution in [0.5, 0.6) is 0 Å². The fourth-order valence-electron chi connectivity index (χ4n) is 2.42. The summed E-state index contributed by atoms with van der Waals surface area (Å²) in [6.45, 7) is 6.46. The molecule has 0 radical (unpaired) electrons. The number of rotatable bonds is 5. The number of nitrogens with one attached hydrogen (secondary N) is 1. The predicted molar refractivity (Wildman–Crippen MR) is 76.9 cm³/mol. The molecule has 2 aromatic rings. The van der Waals surface area contributed by atoms with Crippen molar-refractivity contribution >= 4 is 11.7 Å². The zero-order valence-corrected chi connectivity index (χ0v) is 12.2. The van der Waals surface area contributed by atoms with Crippen molar-refractivity contribution < 1.29 is 9.32 Å². The van der Waals surface area contributed by atoms with Crippen molar-refractivity contribution in [3.63, 3.8) is 0 Å². The molecule has 1 aliphatic rings. The second-order valence-corrected chi connectivity index (χ2v) is 5.53. The molecule has 0 saturated carbocycles. The summed E-state index contributed by atoms with van der Waals surface area (Å²) in [4.78, 5) is 14.0. The molecule has 1 saturated heterocycles. The van der Waals surface area contributed by atoms with Gasteiger partial charge in [-0.3, -0.25) is 14.4 Å². The summed E-state index contributed by atoms with van der Waals surface area (Å²) in [6, 6.07) is 2.14. The van der Waals surface area contributed by atoms with E-state index >= 15 is 0 Å². The van der Waals surface area contributed by atoms with E-state index in [1.165, 1.54) is 5.56 Å². The third kappa shape index (κ3) is 3.30. The molecule has 3 heterocycles. The van der Waals surface area contributed by atoms with Gasteiger partial charge in [-0.2, -0.15) is 5.10 Å². The minimum Gasteiger partial charge on any atom is -0.360 e. The van der Waals surface area contributed by atoms with Crippen LogP contribution in [0.15, 0.2) is 23.0 Å². The first-order valence-electron chi connectivity index (χ1n) is 7.06. The highest BCUT2D eigenvalue weighted by molar-refractivity contribution is 5.89. The Balaban J connectivity index is 1.38. The maximum atomic E-state index is 11.8. The second-order valence-electron chi connectivity index (χ2n) is 5.53. The molecule has 7 heteroatoms. The fourth-order valence-corrected chi connectivity index (χ4v) is 2.42. The minimum absolute atomic E-state index is 0.0401. The minimum atomic E-state index is -0.0401. The van der Waals surface area contributed by atoms with Crippen LogP contribution >= 0.6 is 0 Å². The van der Waals surface area contributed by atoms with E-state index in [4.69, 9.17) is 4.52 Å². The van der Waals surface area contributed by atoms with Crippen LogP contribution in [0.4, 0.5) is 5.82 Å². The number of hydrogen-bond donors (Lipinski definition) is 1. The van der Waals surface area contributed by atoms with Crippen LogP contribution in [0.3, 0.4) is 0 Å². The van der Waals surface area contributed by atoms with Crippen LogP contribution in [-0.2, 0) is 4.79 Å². The lowest BCUT2D eigenvalue weighted by atomic mass is 10.1. The van der Waals surface area contributed by atoms with Gasteiger partial charge in [0.1, 0.15) is 5.76 Å². The van der Waals surface area contributed by atoms with E-state index in [2.05, 4.69) is 26.7 Å². The standard InChI is InChI=1S/C14H19N5O2/c1-10-6-15-19(7-10)12-8-18(9-12)4-3-14(20)16-13-5-11(2)21-17-13/h5-7,12H,3-4,8-9H2,1-2H3,(H,16,17,20). The number of amides is 1. The van der Waals surface area contributed by atoms with Crippen molar-refractivity contribution in [1.82, 2.24) is 19.8 Å². The molecule has 21 heavy (non-hydrogen) atoms. The number of carbonyl (C=O) groups excluding carboxylic acids is 1. The summed E-state index contributed by atoms with van der Waals surface area (Å²) in [6.07, 6.45) is 4.38. The molecular formula is C14H19N5O2. The third-order valence-electron chi connectivity index (χ3n) is 3.59. The summed E-state index contributed by atoms with van der Waals surface area (Å²) >= 11 is 0. The molecule has 0 aromatic carbocycles.